The predicted octanol–water partition coefficient (Wildman–Crippen LogP) is 3.63. The van der Waals surface area contributed by atoms with Gasteiger partial charge in [-0.15, -0.1) is 0 Å². The molecule has 1 fully saturated rings. The smallest absolute Gasteiger partial charge is 0.0747 e. The molecule has 1 N–H and O–H groups in total. The molecule has 0 aliphatic carbocycles. The third-order valence-electron chi connectivity index (χ3n) is 3.00. The van der Waals surface area contributed by atoms with E-state index in [1.54, 1.807) is 0 Å². The first-order chi connectivity index (χ1) is 7.77. The Morgan fingerprint density at radius 3 is 3.00 bits per heavy atom. The molecule has 1 aromatic carbocycles. The van der Waals surface area contributed by atoms with Gasteiger partial charge in [-0.2, -0.15) is 0 Å². The lowest BCUT2D eigenvalue weighted by Gasteiger charge is -2.24. The molecule has 0 aromatic heterocycles. The fourth-order valence-electron chi connectivity index (χ4n) is 2.04. The summed E-state index contributed by atoms with van der Waals surface area (Å²) in [4.78, 5) is 0. The molecule has 88 valence electrons. The molecule has 1 saturated heterocycles. The first-order valence-electron chi connectivity index (χ1n) is 5.88. The van der Waals surface area contributed by atoms with Crippen molar-refractivity contribution in [2.24, 2.45) is 0 Å². The van der Waals surface area contributed by atoms with Crippen LogP contribution in [0.1, 0.15) is 24.8 Å². The molecular weight excluding hydrogens is 222 g/mol. The normalized spacial score (nSPS) is 20.8. The zero-order chi connectivity index (χ0) is 11.4. The van der Waals surface area contributed by atoms with Crippen molar-refractivity contribution in [1.82, 2.24) is 0 Å². The number of anilines is 1. The minimum atomic E-state index is 0.337. The number of benzene rings is 1. The number of ether oxygens (including phenoxy) is 1. The van der Waals surface area contributed by atoms with Crippen molar-refractivity contribution in [3.8, 4) is 0 Å². The summed E-state index contributed by atoms with van der Waals surface area (Å²) in [6, 6.07) is 5.95. The minimum Gasteiger partial charge on any atom is -0.381 e. The minimum absolute atomic E-state index is 0.337. The molecule has 1 unspecified atom stereocenters. The van der Waals surface area contributed by atoms with Gasteiger partial charge in [0.25, 0.3) is 0 Å². The molecule has 1 aliphatic rings. The van der Waals surface area contributed by atoms with E-state index in [9.17, 15) is 0 Å². The molecule has 1 atom stereocenters. The second kappa shape index (κ2) is 5.55. The van der Waals surface area contributed by atoms with Crippen LogP contribution in [-0.2, 0) is 4.74 Å². The van der Waals surface area contributed by atoms with E-state index in [0.717, 1.165) is 30.3 Å². The van der Waals surface area contributed by atoms with Gasteiger partial charge in [0.15, 0.2) is 0 Å². The van der Waals surface area contributed by atoms with Crippen molar-refractivity contribution in [1.29, 1.82) is 0 Å². The lowest BCUT2D eigenvalue weighted by Crippen LogP contribution is -2.27. The molecule has 1 heterocycles. The Kier molecular flexibility index (Phi) is 4.08. The second-order valence-corrected chi connectivity index (χ2v) is 4.71. The molecule has 3 heteroatoms. The zero-order valence-electron chi connectivity index (χ0n) is 9.63. The SMILES string of the molecule is Cc1cccc(Cl)c1NCC1CCCCO1. The van der Waals surface area contributed by atoms with Crippen molar-refractivity contribution in [2.75, 3.05) is 18.5 Å². The summed E-state index contributed by atoms with van der Waals surface area (Å²) in [5.74, 6) is 0. The highest BCUT2D eigenvalue weighted by Crippen LogP contribution is 2.25. The van der Waals surface area contributed by atoms with Gasteiger partial charge < -0.3 is 10.1 Å². The van der Waals surface area contributed by atoms with Gasteiger partial charge in [0.2, 0.25) is 0 Å². The van der Waals surface area contributed by atoms with Gasteiger partial charge in [0, 0.05) is 13.2 Å². The van der Waals surface area contributed by atoms with Crippen LogP contribution in [0.3, 0.4) is 0 Å². The summed E-state index contributed by atoms with van der Waals surface area (Å²) in [7, 11) is 0. The van der Waals surface area contributed by atoms with Crippen molar-refractivity contribution in [2.45, 2.75) is 32.3 Å². The van der Waals surface area contributed by atoms with E-state index in [1.807, 2.05) is 12.1 Å². The number of rotatable bonds is 3. The van der Waals surface area contributed by atoms with Crippen molar-refractivity contribution < 1.29 is 4.74 Å². The number of aryl methyl sites for hydroxylation is 1. The van der Waals surface area contributed by atoms with Gasteiger partial charge in [-0.1, -0.05) is 23.7 Å². The fourth-order valence-corrected chi connectivity index (χ4v) is 2.33. The van der Waals surface area contributed by atoms with Gasteiger partial charge in [-0.05, 0) is 37.8 Å². The molecule has 2 nitrogen and oxygen atoms in total. The van der Waals surface area contributed by atoms with Gasteiger partial charge in [0.1, 0.15) is 0 Å². The Morgan fingerprint density at radius 1 is 1.44 bits per heavy atom. The average Bonchev–Trinajstić information content (AvgIpc) is 2.30. The van der Waals surface area contributed by atoms with E-state index in [-0.39, 0.29) is 0 Å². The summed E-state index contributed by atoms with van der Waals surface area (Å²) >= 11 is 6.14. The molecule has 0 spiro atoms. The summed E-state index contributed by atoms with van der Waals surface area (Å²) in [5, 5.41) is 4.18. The number of hydrogen-bond donors (Lipinski definition) is 1. The number of halogens is 1. The fraction of sp³-hybridized carbons (Fsp3) is 0.538. The monoisotopic (exact) mass is 239 g/mol. The van der Waals surface area contributed by atoms with Crippen LogP contribution in [0.5, 0.6) is 0 Å². The molecular formula is C13H18ClNO. The molecule has 2 rings (SSSR count). The van der Waals surface area contributed by atoms with E-state index >= 15 is 0 Å². The highest BCUT2D eigenvalue weighted by molar-refractivity contribution is 6.33. The quantitative estimate of drug-likeness (QED) is 0.870. The number of nitrogens with one attached hydrogen (secondary N) is 1. The van der Waals surface area contributed by atoms with E-state index in [1.165, 1.54) is 18.4 Å². The Bertz CT molecular complexity index is 328. The maximum absolute atomic E-state index is 6.14. The van der Waals surface area contributed by atoms with Crippen molar-refractivity contribution in [3.63, 3.8) is 0 Å². The molecule has 1 aliphatic heterocycles. The second-order valence-electron chi connectivity index (χ2n) is 4.30. The molecule has 0 bridgehead atoms. The summed E-state index contributed by atoms with van der Waals surface area (Å²) in [6.45, 7) is 3.81. The van der Waals surface area contributed by atoms with Crippen LogP contribution in [0.2, 0.25) is 5.02 Å². The average molecular weight is 240 g/mol. The van der Waals surface area contributed by atoms with Crippen molar-refractivity contribution >= 4 is 17.3 Å². The number of para-hydroxylation sites is 1. The van der Waals surface area contributed by atoms with Crippen LogP contribution in [0.15, 0.2) is 18.2 Å². The van der Waals surface area contributed by atoms with Gasteiger partial charge in [-0.3, -0.25) is 0 Å². The molecule has 0 radical (unpaired) electrons. The topological polar surface area (TPSA) is 21.3 Å². The van der Waals surface area contributed by atoms with Crippen LogP contribution in [0.25, 0.3) is 0 Å². The van der Waals surface area contributed by atoms with E-state index in [0.29, 0.717) is 6.10 Å². The third kappa shape index (κ3) is 2.89. The highest BCUT2D eigenvalue weighted by Gasteiger charge is 2.14. The van der Waals surface area contributed by atoms with E-state index < -0.39 is 0 Å². The molecule has 16 heavy (non-hydrogen) atoms. The van der Waals surface area contributed by atoms with Gasteiger partial charge in [0.05, 0.1) is 16.8 Å². The first kappa shape index (κ1) is 11.7. The van der Waals surface area contributed by atoms with Crippen molar-refractivity contribution in [3.05, 3.63) is 28.8 Å². The lowest BCUT2D eigenvalue weighted by molar-refractivity contribution is 0.0247. The molecule has 0 saturated carbocycles. The maximum atomic E-state index is 6.14. The van der Waals surface area contributed by atoms with Crippen LogP contribution in [0.4, 0.5) is 5.69 Å². The maximum Gasteiger partial charge on any atom is 0.0747 e. The van der Waals surface area contributed by atoms with E-state index in [4.69, 9.17) is 16.3 Å². The summed E-state index contributed by atoms with van der Waals surface area (Å²) in [6.07, 6.45) is 3.95. The third-order valence-corrected chi connectivity index (χ3v) is 3.32. The zero-order valence-corrected chi connectivity index (χ0v) is 10.4. The Labute approximate surface area is 102 Å². The Morgan fingerprint density at radius 2 is 2.31 bits per heavy atom. The summed E-state index contributed by atoms with van der Waals surface area (Å²) < 4.78 is 5.67. The first-order valence-corrected chi connectivity index (χ1v) is 6.26. The molecule has 0 amide bonds. The lowest BCUT2D eigenvalue weighted by atomic mass is 10.1. The van der Waals surface area contributed by atoms with Crippen LogP contribution >= 0.6 is 11.6 Å². The van der Waals surface area contributed by atoms with Crippen LogP contribution in [0, 0.1) is 6.92 Å². The largest absolute Gasteiger partial charge is 0.381 e. The van der Waals surface area contributed by atoms with Gasteiger partial charge >= 0.3 is 0 Å². The van der Waals surface area contributed by atoms with E-state index in [2.05, 4.69) is 18.3 Å². The molecule has 1 aromatic rings. The summed E-state index contributed by atoms with van der Waals surface area (Å²) in [5.41, 5.74) is 2.22. The van der Waals surface area contributed by atoms with Gasteiger partial charge in [-0.25, -0.2) is 0 Å². The number of hydrogen-bond acceptors (Lipinski definition) is 2. The van der Waals surface area contributed by atoms with Crippen LogP contribution < -0.4 is 5.32 Å². The highest BCUT2D eigenvalue weighted by atomic mass is 35.5. The van der Waals surface area contributed by atoms with Crippen LogP contribution in [-0.4, -0.2) is 19.3 Å². The standard InChI is InChI=1S/C13H18ClNO/c1-10-5-4-7-12(14)13(10)15-9-11-6-2-3-8-16-11/h4-5,7,11,15H,2-3,6,8-9H2,1H3. The Balaban J connectivity index is 1.93. The Hall–Kier alpha value is -0.730. The predicted molar refractivity (Wildman–Crippen MR) is 68.3 cm³/mol.